The van der Waals surface area contributed by atoms with Gasteiger partial charge in [0.1, 0.15) is 0 Å². The standard InChI is InChI=1S/C18H35.C16H34O4S.Na/c1-3-5-7-9-11-13-15-17-18-16-14-12-10-8-6-4-2;1-2-3-4-5-6-7-8-9-10-11-12-13-14-15-16-20-21(17,18)19;/h17-18H,1,3-16H2,2H3;2-16H2,1H3,(H,17,18,19);/b18-17-;;. The molecule has 0 atom stereocenters. The molecule has 0 saturated carbocycles. The summed E-state index contributed by atoms with van der Waals surface area (Å²) in [6, 6.07) is 0. The first-order chi connectivity index (χ1) is 19.5. The first-order valence-corrected chi connectivity index (χ1v) is 20.5. The molecule has 0 aliphatic heterocycles. The zero-order valence-corrected chi connectivity index (χ0v) is 30.3. The summed E-state index contributed by atoms with van der Waals surface area (Å²) in [5.41, 5.74) is 0. The molecule has 0 aromatic carbocycles. The fourth-order valence-electron chi connectivity index (χ4n) is 4.96. The molecule has 0 aliphatic carbocycles. The summed E-state index contributed by atoms with van der Waals surface area (Å²) in [6.07, 6.45) is 42.3. The second-order valence-corrected chi connectivity index (χ2v) is 13.9. The maximum atomic E-state index is 10.3. The average Bonchev–Trinajstić information content (AvgIpc) is 2.93. The zero-order chi connectivity index (χ0) is 29.8. The number of allylic oxidation sites excluding steroid dienone is 2. The predicted octanol–water partition coefficient (Wildman–Crippen LogP) is 11.9. The van der Waals surface area contributed by atoms with Crippen LogP contribution in [0.5, 0.6) is 0 Å². The summed E-state index contributed by atoms with van der Waals surface area (Å²) in [4.78, 5) is 0. The van der Waals surface area contributed by atoms with E-state index >= 15 is 0 Å². The smallest absolute Gasteiger partial charge is 0.264 e. The Labute approximate surface area is 270 Å². The van der Waals surface area contributed by atoms with Crippen LogP contribution < -0.4 is 0 Å². The van der Waals surface area contributed by atoms with E-state index < -0.39 is 10.4 Å². The van der Waals surface area contributed by atoms with Gasteiger partial charge in [0, 0.05) is 0 Å². The second-order valence-electron chi connectivity index (χ2n) is 11.8. The quantitative estimate of drug-likeness (QED) is 0.0374. The number of unbranched alkanes of at least 4 members (excludes halogenated alkanes) is 25. The molecular weight excluding hydrogens is 527 g/mol. The van der Waals surface area contributed by atoms with Gasteiger partial charge in [-0.15, -0.1) is 0 Å². The van der Waals surface area contributed by atoms with E-state index in [-0.39, 0.29) is 6.61 Å². The Morgan fingerprint density at radius 3 is 1.12 bits per heavy atom. The van der Waals surface area contributed by atoms with Crippen molar-refractivity contribution in [1.29, 1.82) is 0 Å². The summed E-state index contributed by atoms with van der Waals surface area (Å²) in [5, 5.41) is 0. The minimum absolute atomic E-state index is 0.0941. The maximum Gasteiger partial charge on any atom is 0.397 e. The first-order valence-electron chi connectivity index (χ1n) is 17.7. The van der Waals surface area contributed by atoms with E-state index in [1.807, 2.05) is 0 Å². The van der Waals surface area contributed by atoms with Crippen LogP contribution in [0.3, 0.4) is 0 Å². The van der Waals surface area contributed by atoms with Gasteiger partial charge in [-0.3, -0.25) is 4.55 Å². The van der Waals surface area contributed by atoms with Crippen molar-refractivity contribution in [3.8, 4) is 0 Å². The molecular formula is C34H69NaO4S. The third kappa shape index (κ3) is 45.6. The van der Waals surface area contributed by atoms with Crippen molar-refractivity contribution in [2.75, 3.05) is 6.61 Å². The van der Waals surface area contributed by atoms with Crippen LogP contribution in [0.15, 0.2) is 12.2 Å². The molecule has 0 radical (unpaired) electrons. The van der Waals surface area contributed by atoms with E-state index in [1.165, 1.54) is 192 Å². The van der Waals surface area contributed by atoms with Gasteiger partial charge >= 0.3 is 112 Å². The molecule has 0 bridgehead atoms. The minimum atomic E-state index is -4.24. The molecule has 236 valence electrons. The summed E-state index contributed by atoms with van der Waals surface area (Å²) < 4.78 is 34.7. The molecule has 0 unspecified atom stereocenters. The van der Waals surface area contributed by atoms with E-state index in [0.29, 0.717) is 6.42 Å². The van der Waals surface area contributed by atoms with Gasteiger partial charge in [0.2, 0.25) is 0 Å². The van der Waals surface area contributed by atoms with Crippen molar-refractivity contribution >= 4 is 38.3 Å². The second kappa shape index (κ2) is 37.6. The van der Waals surface area contributed by atoms with Gasteiger partial charge in [0.15, 0.2) is 0 Å². The van der Waals surface area contributed by atoms with Gasteiger partial charge in [-0.1, -0.05) is 129 Å². The largest absolute Gasteiger partial charge is 0.397 e. The number of rotatable bonds is 31. The Bertz CT molecular complexity index is 580. The van der Waals surface area contributed by atoms with E-state index in [1.54, 1.807) is 0 Å². The Hall–Kier alpha value is 0.610. The molecule has 0 aromatic heterocycles. The Morgan fingerprint density at radius 2 is 0.800 bits per heavy atom. The van der Waals surface area contributed by atoms with Gasteiger partial charge in [-0.05, 0) is 6.42 Å². The number of hydrogen-bond acceptors (Lipinski definition) is 3. The monoisotopic (exact) mass is 596 g/mol. The third-order valence-corrected chi connectivity index (χ3v) is 8.77. The molecule has 40 heavy (non-hydrogen) atoms. The van der Waals surface area contributed by atoms with Crippen molar-refractivity contribution in [2.24, 2.45) is 0 Å². The van der Waals surface area contributed by atoms with Gasteiger partial charge < -0.3 is 0 Å². The molecule has 0 spiro atoms. The van der Waals surface area contributed by atoms with Crippen molar-refractivity contribution in [3.05, 3.63) is 12.2 Å². The normalized spacial score (nSPS) is 11.7. The predicted molar refractivity (Wildman–Crippen MR) is 178 cm³/mol. The van der Waals surface area contributed by atoms with Crippen LogP contribution >= 0.6 is 0 Å². The molecule has 0 rings (SSSR count). The molecule has 6 heteroatoms. The van der Waals surface area contributed by atoms with Crippen LogP contribution in [0.2, 0.25) is 3.67 Å². The molecule has 0 saturated heterocycles. The van der Waals surface area contributed by atoms with E-state index in [0.717, 1.165) is 12.8 Å². The summed E-state index contributed by atoms with van der Waals surface area (Å²) in [6.45, 7) is 4.63. The van der Waals surface area contributed by atoms with Crippen LogP contribution in [0.1, 0.15) is 194 Å². The molecule has 0 heterocycles. The summed E-state index contributed by atoms with van der Waals surface area (Å²) >= 11 is 1.40. The fraction of sp³-hybridized carbons (Fsp3) is 0.941. The SMILES string of the molecule is CCCCCCCC/C=C\CCCCCCC[CH2][Na].CCCCCCCCCCCCCCCCOS(=O)(=O)O. The van der Waals surface area contributed by atoms with Gasteiger partial charge in [-0.25, -0.2) is 4.18 Å². The van der Waals surface area contributed by atoms with Gasteiger partial charge in [-0.2, -0.15) is 8.42 Å². The van der Waals surface area contributed by atoms with Crippen molar-refractivity contribution < 1.29 is 17.2 Å². The first kappa shape index (κ1) is 42.7. The molecule has 1 N–H and O–H groups in total. The topological polar surface area (TPSA) is 63.6 Å². The van der Waals surface area contributed by atoms with Gasteiger partial charge in [0.05, 0.1) is 6.61 Å². The van der Waals surface area contributed by atoms with Crippen LogP contribution in [0, 0.1) is 0 Å². The van der Waals surface area contributed by atoms with Crippen LogP contribution in [0.25, 0.3) is 0 Å². The number of hydrogen-bond donors (Lipinski definition) is 1. The van der Waals surface area contributed by atoms with Crippen LogP contribution in [-0.4, -0.2) is 47.5 Å². The fourth-order valence-corrected chi connectivity index (χ4v) is 5.79. The maximum absolute atomic E-state index is 10.3. The van der Waals surface area contributed by atoms with Crippen molar-refractivity contribution in [2.45, 2.75) is 197 Å². The van der Waals surface area contributed by atoms with Crippen LogP contribution in [0.4, 0.5) is 0 Å². The van der Waals surface area contributed by atoms with Crippen LogP contribution in [-0.2, 0) is 14.6 Å². The van der Waals surface area contributed by atoms with Crippen molar-refractivity contribution in [1.82, 2.24) is 0 Å². The molecule has 0 amide bonds. The Balaban J connectivity index is 0. The average molecular weight is 597 g/mol. The Kier molecular flexibility index (Phi) is 40.2. The third-order valence-electron chi connectivity index (χ3n) is 7.60. The molecule has 0 aliphatic rings. The molecule has 0 aromatic rings. The minimum Gasteiger partial charge on any atom is -0.264 e. The van der Waals surface area contributed by atoms with E-state index in [4.69, 9.17) is 4.55 Å². The summed E-state index contributed by atoms with van der Waals surface area (Å²) in [7, 11) is -4.24. The van der Waals surface area contributed by atoms with Gasteiger partial charge in [0.25, 0.3) is 0 Å². The van der Waals surface area contributed by atoms with E-state index in [9.17, 15) is 8.42 Å². The summed E-state index contributed by atoms with van der Waals surface area (Å²) in [5.74, 6) is 0. The molecule has 4 nitrogen and oxygen atoms in total. The zero-order valence-electron chi connectivity index (χ0n) is 27.4. The van der Waals surface area contributed by atoms with Crippen molar-refractivity contribution in [3.63, 3.8) is 0 Å². The Morgan fingerprint density at radius 1 is 0.500 bits per heavy atom. The van der Waals surface area contributed by atoms with E-state index in [2.05, 4.69) is 30.2 Å². The molecule has 0 fully saturated rings.